The van der Waals surface area contributed by atoms with Crippen LogP contribution in [0.25, 0.3) is 10.2 Å². The molecule has 2 aromatic rings. The number of sulfonamides is 1. The van der Waals surface area contributed by atoms with Gasteiger partial charge in [0.05, 0.1) is 22.6 Å². The van der Waals surface area contributed by atoms with E-state index < -0.39 is 10.0 Å². The van der Waals surface area contributed by atoms with Gasteiger partial charge in [-0.3, -0.25) is 0 Å². The molecule has 1 aromatic heterocycles. The van der Waals surface area contributed by atoms with Gasteiger partial charge in [0.15, 0.2) is 5.13 Å². The van der Waals surface area contributed by atoms with Crippen LogP contribution in [0.1, 0.15) is 12.8 Å². The second-order valence-corrected chi connectivity index (χ2v) is 9.95. The normalized spacial score (nSPS) is 19.0. The van der Waals surface area contributed by atoms with Crippen molar-refractivity contribution in [1.29, 1.82) is 0 Å². The Balaban J connectivity index is 1.38. The first kappa shape index (κ1) is 16.1. The van der Waals surface area contributed by atoms with Gasteiger partial charge in [0.2, 0.25) is 10.0 Å². The van der Waals surface area contributed by atoms with Gasteiger partial charge >= 0.3 is 0 Å². The molecule has 1 saturated heterocycles. The molecular formula is C16H21N3O3S2. The highest BCUT2D eigenvalue weighted by Gasteiger charge is 2.40. The maximum atomic E-state index is 12.2. The zero-order chi connectivity index (χ0) is 16.9. The first-order valence-corrected chi connectivity index (χ1v) is 10.4. The number of thiazole rings is 1. The second-order valence-electron chi connectivity index (χ2n) is 6.63. The van der Waals surface area contributed by atoms with Gasteiger partial charge in [-0.05, 0) is 25.0 Å². The molecule has 2 heterocycles. The van der Waals surface area contributed by atoms with Crippen LogP contribution in [0.5, 0.6) is 5.75 Å². The second kappa shape index (κ2) is 5.86. The average molecular weight is 367 g/mol. The SMILES string of the molecule is COc1ccc2sc(N3CC(CN(C)S(=O)(=O)C4CC4)C3)nc2c1. The number of aromatic nitrogens is 1. The maximum Gasteiger partial charge on any atom is 0.216 e. The predicted octanol–water partition coefficient (Wildman–Crippen LogP) is 2.17. The molecule has 0 N–H and O–H groups in total. The van der Waals surface area contributed by atoms with Crippen LogP contribution in [-0.4, -0.2) is 56.7 Å². The third kappa shape index (κ3) is 2.87. The number of hydrogen-bond acceptors (Lipinski definition) is 6. The molecule has 1 saturated carbocycles. The molecule has 4 rings (SSSR count). The van der Waals surface area contributed by atoms with Crippen molar-refractivity contribution in [2.75, 3.05) is 38.7 Å². The molecule has 2 fully saturated rings. The van der Waals surface area contributed by atoms with Crippen molar-refractivity contribution >= 4 is 36.7 Å². The fourth-order valence-corrected chi connectivity index (χ4v) is 5.71. The molecule has 0 unspecified atom stereocenters. The summed E-state index contributed by atoms with van der Waals surface area (Å²) in [6.45, 7) is 2.33. The molecule has 1 aliphatic heterocycles. The highest BCUT2D eigenvalue weighted by molar-refractivity contribution is 7.90. The Kier molecular flexibility index (Phi) is 3.93. The summed E-state index contributed by atoms with van der Waals surface area (Å²) >= 11 is 1.67. The van der Waals surface area contributed by atoms with Crippen LogP contribution in [0.15, 0.2) is 18.2 Å². The third-order valence-electron chi connectivity index (χ3n) is 4.71. The minimum absolute atomic E-state index is 0.127. The van der Waals surface area contributed by atoms with Crippen molar-refractivity contribution < 1.29 is 13.2 Å². The Hall–Kier alpha value is -1.38. The van der Waals surface area contributed by atoms with Crippen molar-refractivity contribution in [3.05, 3.63) is 18.2 Å². The number of nitrogens with zero attached hydrogens (tertiary/aromatic N) is 3. The molecule has 6 nitrogen and oxygen atoms in total. The molecule has 24 heavy (non-hydrogen) atoms. The Morgan fingerprint density at radius 2 is 2.12 bits per heavy atom. The van der Waals surface area contributed by atoms with Crippen LogP contribution in [0, 0.1) is 5.92 Å². The van der Waals surface area contributed by atoms with Crippen LogP contribution in [0.4, 0.5) is 5.13 Å². The number of methoxy groups -OCH3 is 1. The minimum atomic E-state index is -3.06. The van der Waals surface area contributed by atoms with Crippen LogP contribution in [-0.2, 0) is 10.0 Å². The molecule has 0 spiro atoms. The lowest BCUT2D eigenvalue weighted by atomic mass is 10.0. The number of anilines is 1. The standard InChI is InChI=1S/C16H21N3O3S2/c1-18(24(20,21)13-4-5-13)8-11-9-19(10-11)16-17-14-7-12(22-2)3-6-15(14)23-16/h3,6-7,11,13H,4-5,8-10H2,1-2H3. The molecule has 1 aliphatic carbocycles. The van der Waals surface area contributed by atoms with Crippen molar-refractivity contribution in [3.8, 4) is 5.75 Å². The summed E-state index contributed by atoms with van der Waals surface area (Å²) in [5.41, 5.74) is 0.950. The van der Waals surface area contributed by atoms with Crippen molar-refractivity contribution in [2.24, 2.45) is 5.92 Å². The Morgan fingerprint density at radius 1 is 1.38 bits per heavy atom. The van der Waals surface area contributed by atoms with Gasteiger partial charge < -0.3 is 9.64 Å². The third-order valence-corrected chi connectivity index (χ3v) is 8.14. The Bertz CT molecular complexity index is 855. The summed E-state index contributed by atoms with van der Waals surface area (Å²) in [5.74, 6) is 1.19. The summed E-state index contributed by atoms with van der Waals surface area (Å²) in [7, 11) is 0.303. The van der Waals surface area contributed by atoms with E-state index in [1.54, 1.807) is 29.8 Å². The summed E-state index contributed by atoms with van der Waals surface area (Å²) in [6, 6.07) is 5.92. The van der Waals surface area contributed by atoms with Gasteiger partial charge in [-0.25, -0.2) is 17.7 Å². The first-order valence-electron chi connectivity index (χ1n) is 8.12. The molecule has 1 aromatic carbocycles. The molecule has 0 atom stereocenters. The maximum absolute atomic E-state index is 12.2. The van der Waals surface area contributed by atoms with Crippen molar-refractivity contribution in [1.82, 2.24) is 9.29 Å². The summed E-state index contributed by atoms with van der Waals surface area (Å²) in [5, 5.41) is 0.875. The highest BCUT2D eigenvalue weighted by Crippen LogP contribution is 2.35. The average Bonchev–Trinajstić information content (AvgIpc) is 3.30. The van der Waals surface area contributed by atoms with Crippen molar-refractivity contribution in [2.45, 2.75) is 18.1 Å². The van der Waals surface area contributed by atoms with Gasteiger partial charge in [0, 0.05) is 38.7 Å². The molecular weight excluding hydrogens is 346 g/mol. The molecule has 0 amide bonds. The van der Waals surface area contributed by atoms with Crippen LogP contribution < -0.4 is 9.64 Å². The Morgan fingerprint density at radius 3 is 2.79 bits per heavy atom. The van der Waals surface area contributed by atoms with E-state index in [0.29, 0.717) is 12.5 Å². The van der Waals surface area contributed by atoms with E-state index in [-0.39, 0.29) is 5.25 Å². The number of hydrogen-bond donors (Lipinski definition) is 0. The van der Waals surface area contributed by atoms with Crippen LogP contribution >= 0.6 is 11.3 Å². The zero-order valence-corrected chi connectivity index (χ0v) is 15.4. The van der Waals surface area contributed by atoms with E-state index in [2.05, 4.69) is 9.88 Å². The number of ether oxygens (including phenoxy) is 1. The van der Waals surface area contributed by atoms with Gasteiger partial charge in [0.25, 0.3) is 0 Å². The van der Waals surface area contributed by atoms with E-state index in [1.807, 2.05) is 18.2 Å². The number of fused-ring (bicyclic) bond motifs is 1. The van der Waals surface area contributed by atoms with Gasteiger partial charge in [-0.2, -0.15) is 0 Å². The largest absolute Gasteiger partial charge is 0.497 e. The first-order chi connectivity index (χ1) is 11.5. The van der Waals surface area contributed by atoms with Gasteiger partial charge in [0.1, 0.15) is 5.75 Å². The summed E-state index contributed by atoms with van der Waals surface area (Å²) in [6.07, 6.45) is 1.64. The van der Waals surface area contributed by atoms with E-state index >= 15 is 0 Å². The predicted molar refractivity (Wildman–Crippen MR) is 96.4 cm³/mol. The van der Waals surface area contributed by atoms with Crippen molar-refractivity contribution in [3.63, 3.8) is 0 Å². The highest BCUT2D eigenvalue weighted by atomic mass is 32.2. The lowest BCUT2D eigenvalue weighted by molar-refractivity contribution is 0.327. The topological polar surface area (TPSA) is 62.7 Å². The zero-order valence-electron chi connectivity index (χ0n) is 13.8. The summed E-state index contributed by atoms with van der Waals surface area (Å²) < 4.78 is 32.3. The van der Waals surface area contributed by atoms with Crippen LogP contribution in [0.2, 0.25) is 0 Å². The fraction of sp³-hybridized carbons (Fsp3) is 0.562. The lowest BCUT2D eigenvalue weighted by Crippen LogP contribution is -2.52. The van der Waals surface area contributed by atoms with E-state index in [4.69, 9.17) is 4.74 Å². The number of benzene rings is 1. The molecule has 0 radical (unpaired) electrons. The molecule has 8 heteroatoms. The van der Waals surface area contributed by atoms with E-state index in [1.165, 1.54) is 0 Å². The summed E-state index contributed by atoms with van der Waals surface area (Å²) in [4.78, 5) is 6.90. The minimum Gasteiger partial charge on any atom is -0.497 e. The van der Waals surface area contributed by atoms with E-state index in [0.717, 1.165) is 47.0 Å². The van der Waals surface area contributed by atoms with Gasteiger partial charge in [-0.1, -0.05) is 11.3 Å². The molecule has 130 valence electrons. The molecule has 0 bridgehead atoms. The smallest absolute Gasteiger partial charge is 0.216 e. The molecule has 2 aliphatic rings. The quantitative estimate of drug-likeness (QED) is 0.783. The Labute approximate surface area is 146 Å². The lowest BCUT2D eigenvalue weighted by Gasteiger charge is -2.40. The number of rotatable bonds is 6. The fourth-order valence-electron chi connectivity index (χ4n) is 3.09. The van der Waals surface area contributed by atoms with E-state index in [9.17, 15) is 8.42 Å². The monoisotopic (exact) mass is 367 g/mol. The van der Waals surface area contributed by atoms with Gasteiger partial charge in [-0.15, -0.1) is 0 Å². The van der Waals surface area contributed by atoms with Crippen LogP contribution in [0.3, 0.4) is 0 Å².